The van der Waals surface area contributed by atoms with Crippen LogP contribution in [0.3, 0.4) is 0 Å². The molecule has 11 heavy (non-hydrogen) atoms. The molecule has 0 saturated carbocycles. The van der Waals surface area contributed by atoms with E-state index in [1.807, 2.05) is 0 Å². The summed E-state index contributed by atoms with van der Waals surface area (Å²) in [5.74, 6) is 0. The summed E-state index contributed by atoms with van der Waals surface area (Å²) in [5.41, 5.74) is 0. The molecule has 2 unspecified atom stereocenters. The van der Waals surface area contributed by atoms with E-state index in [0.717, 1.165) is 0 Å². The van der Waals surface area contributed by atoms with Crippen LogP contribution >= 0.6 is 46.4 Å². The van der Waals surface area contributed by atoms with E-state index >= 15 is 0 Å². The molecule has 2 aliphatic rings. The molecule has 7 heteroatoms. The molecule has 1 saturated heterocycles. The molecule has 0 radical (unpaired) electrons. The van der Waals surface area contributed by atoms with Crippen LogP contribution in [0.25, 0.3) is 0 Å². The van der Waals surface area contributed by atoms with Crippen LogP contribution in [0.5, 0.6) is 0 Å². The normalized spacial score (nSPS) is 47.6. The molecule has 0 aromatic rings. The van der Waals surface area contributed by atoms with E-state index in [1.54, 1.807) is 0 Å². The zero-order valence-electron chi connectivity index (χ0n) is 4.74. The van der Waals surface area contributed by atoms with Crippen molar-refractivity contribution in [2.24, 2.45) is 0 Å². The van der Waals surface area contributed by atoms with E-state index in [9.17, 15) is 0 Å². The summed E-state index contributed by atoms with van der Waals surface area (Å²) >= 11 is 22.0. The van der Waals surface area contributed by atoms with E-state index in [-0.39, 0.29) is 10.4 Å². The first-order valence-corrected chi connectivity index (χ1v) is 3.99. The standard InChI is InChI=1S/C4Cl4O3/c5-1-2(6)10-4(8)3(7,9-1)11-4. The van der Waals surface area contributed by atoms with Gasteiger partial charge in [0.05, 0.1) is 0 Å². The van der Waals surface area contributed by atoms with E-state index in [1.165, 1.54) is 0 Å². The Hall–Kier alpha value is 0.460. The quantitative estimate of drug-likeness (QED) is 0.479. The second-order valence-corrected chi connectivity index (χ2v) is 3.61. The molecule has 2 atom stereocenters. The minimum atomic E-state index is -1.52. The number of epoxide rings is 1. The second-order valence-electron chi connectivity index (χ2n) is 1.93. The topological polar surface area (TPSA) is 31.0 Å². The highest BCUT2D eigenvalue weighted by atomic mass is 35.5. The Morgan fingerprint density at radius 2 is 1.27 bits per heavy atom. The highest BCUT2D eigenvalue weighted by molar-refractivity contribution is 6.40. The van der Waals surface area contributed by atoms with Crippen LogP contribution in [-0.4, -0.2) is 10.5 Å². The maximum atomic E-state index is 5.57. The largest absolute Gasteiger partial charge is 0.426 e. The molecule has 2 rings (SSSR count). The first-order chi connectivity index (χ1) is 4.97. The Morgan fingerprint density at radius 1 is 0.909 bits per heavy atom. The smallest absolute Gasteiger partial charge is 0.381 e. The average molecular weight is 238 g/mol. The van der Waals surface area contributed by atoms with Crippen LogP contribution in [0, 0.1) is 0 Å². The van der Waals surface area contributed by atoms with Crippen molar-refractivity contribution in [2.45, 2.75) is 10.5 Å². The Kier molecular flexibility index (Phi) is 1.49. The molecule has 0 spiro atoms. The lowest BCUT2D eigenvalue weighted by atomic mass is 10.7. The molecule has 0 aromatic carbocycles. The van der Waals surface area contributed by atoms with Gasteiger partial charge in [0.2, 0.25) is 10.4 Å². The van der Waals surface area contributed by atoms with Crippen LogP contribution in [0.15, 0.2) is 10.4 Å². The highest BCUT2D eigenvalue weighted by Crippen LogP contribution is 2.61. The van der Waals surface area contributed by atoms with Gasteiger partial charge < -0.3 is 9.47 Å². The molecule has 2 heterocycles. The minimum absolute atomic E-state index is 0.171. The molecule has 0 amide bonds. The predicted molar refractivity (Wildman–Crippen MR) is 39.2 cm³/mol. The molecule has 0 N–H and O–H groups in total. The first kappa shape index (κ1) is 8.08. The summed E-state index contributed by atoms with van der Waals surface area (Å²) in [7, 11) is 0. The number of halogens is 4. The van der Waals surface area contributed by atoms with Gasteiger partial charge in [-0.25, -0.2) is 0 Å². The van der Waals surface area contributed by atoms with E-state index in [0.29, 0.717) is 0 Å². The lowest BCUT2D eigenvalue weighted by molar-refractivity contribution is 0.0415. The van der Waals surface area contributed by atoms with Gasteiger partial charge in [0, 0.05) is 0 Å². The number of ether oxygens (including phenoxy) is 3. The fourth-order valence-corrected chi connectivity index (χ4v) is 1.48. The van der Waals surface area contributed by atoms with Gasteiger partial charge in [0.25, 0.3) is 0 Å². The van der Waals surface area contributed by atoms with Gasteiger partial charge in [-0.15, -0.1) is 0 Å². The molecule has 3 nitrogen and oxygen atoms in total. The van der Waals surface area contributed by atoms with E-state index in [2.05, 4.69) is 4.74 Å². The Morgan fingerprint density at radius 3 is 1.64 bits per heavy atom. The summed E-state index contributed by atoms with van der Waals surface area (Å²) in [5, 5.41) is -3.39. The number of rotatable bonds is 0. The number of fused-ring (bicyclic) bond motifs is 1. The fraction of sp³-hybridized carbons (Fsp3) is 0.500. The average Bonchev–Trinajstić information content (AvgIpc) is 2.33. The van der Waals surface area contributed by atoms with Crippen molar-refractivity contribution < 1.29 is 14.2 Å². The predicted octanol–water partition coefficient (Wildman–Crippen LogP) is 2.45. The lowest BCUT2D eigenvalue weighted by Gasteiger charge is -2.16. The van der Waals surface area contributed by atoms with Crippen LogP contribution in [0.1, 0.15) is 0 Å². The van der Waals surface area contributed by atoms with E-state index in [4.69, 9.17) is 55.9 Å². The van der Waals surface area contributed by atoms with Crippen LogP contribution in [0.4, 0.5) is 0 Å². The molecule has 0 bridgehead atoms. The first-order valence-electron chi connectivity index (χ1n) is 2.48. The van der Waals surface area contributed by atoms with Crippen molar-refractivity contribution in [1.82, 2.24) is 0 Å². The van der Waals surface area contributed by atoms with Crippen LogP contribution in [-0.2, 0) is 14.2 Å². The summed E-state index contributed by atoms with van der Waals surface area (Å²) in [6.45, 7) is 0. The number of hydrogen-bond acceptors (Lipinski definition) is 3. The van der Waals surface area contributed by atoms with Crippen LogP contribution < -0.4 is 0 Å². The van der Waals surface area contributed by atoms with Gasteiger partial charge in [-0.2, -0.15) is 0 Å². The number of hydrogen-bond donors (Lipinski definition) is 0. The molecule has 0 aliphatic carbocycles. The third-order valence-electron chi connectivity index (χ3n) is 1.17. The van der Waals surface area contributed by atoms with Gasteiger partial charge >= 0.3 is 10.5 Å². The second kappa shape index (κ2) is 2.03. The number of alkyl halides is 2. The van der Waals surface area contributed by atoms with Gasteiger partial charge in [-0.1, -0.05) is 0 Å². The maximum Gasteiger partial charge on any atom is 0.381 e. The van der Waals surface area contributed by atoms with Crippen molar-refractivity contribution in [3.8, 4) is 0 Å². The molecule has 62 valence electrons. The van der Waals surface area contributed by atoms with Crippen molar-refractivity contribution >= 4 is 46.4 Å². The molecular formula is C4Cl4O3. The van der Waals surface area contributed by atoms with Gasteiger partial charge in [-0.3, -0.25) is 4.74 Å². The van der Waals surface area contributed by atoms with Crippen molar-refractivity contribution in [2.75, 3.05) is 0 Å². The summed E-state index contributed by atoms with van der Waals surface area (Å²) in [6, 6.07) is 0. The zero-order chi connectivity index (χ0) is 8.28. The molecule has 0 aromatic heterocycles. The van der Waals surface area contributed by atoms with E-state index < -0.39 is 10.5 Å². The fourth-order valence-electron chi connectivity index (χ4n) is 0.618. The van der Waals surface area contributed by atoms with Gasteiger partial charge in [0.1, 0.15) is 0 Å². The Bertz CT molecular complexity index is 230. The molecule has 1 fully saturated rings. The summed E-state index contributed by atoms with van der Waals surface area (Å²) in [4.78, 5) is 0. The van der Waals surface area contributed by atoms with Crippen LogP contribution in [0.2, 0.25) is 0 Å². The minimum Gasteiger partial charge on any atom is -0.426 e. The van der Waals surface area contributed by atoms with Crippen molar-refractivity contribution in [1.29, 1.82) is 0 Å². The maximum absolute atomic E-state index is 5.57. The molecule has 2 aliphatic heterocycles. The lowest BCUT2D eigenvalue weighted by Crippen LogP contribution is -2.24. The summed E-state index contributed by atoms with van der Waals surface area (Å²) in [6.07, 6.45) is 0. The zero-order valence-corrected chi connectivity index (χ0v) is 7.76. The van der Waals surface area contributed by atoms with Crippen molar-refractivity contribution in [3.63, 3.8) is 0 Å². The highest BCUT2D eigenvalue weighted by Gasteiger charge is 2.79. The monoisotopic (exact) mass is 236 g/mol. The third-order valence-corrected chi connectivity index (χ3v) is 2.67. The van der Waals surface area contributed by atoms with Gasteiger partial charge in [-0.05, 0) is 46.4 Å². The molecular weight excluding hydrogens is 238 g/mol. The SMILES string of the molecule is ClC1=C(Cl)OC2(Cl)OC2(Cl)O1. The van der Waals surface area contributed by atoms with Crippen molar-refractivity contribution in [3.05, 3.63) is 10.4 Å². The third kappa shape index (κ3) is 0.993. The Labute approximate surface area is 81.7 Å². The Balaban J connectivity index is 2.30. The summed E-state index contributed by atoms with van der Waals surface area (Å²) < 4.78 is 14.2. The van der Waals surface area contributed by atoms with Gasteiger partial charge in [0.15, 0.2) is 0 Å².